The molecule has 1 amide bonds. The number of hydrogen-bond donors (Lipinski definition) is 3. The number of benzene rings is 1. The fourth-order valence-corrected chi connectivity index (χ4v) is 2.35. The molecule has 0 radical (unpaired) electrons. The Morgan fingerprint density at radius 2 is 2.33 bits per heavy atom. The summed E-state index contributed by atoms with van der Waals surface area (Å²) in [5.74, 6) is -0.881. The van der Waals surface area contributed by atoms with Crippen LogP contribution in [0.25, 0.3) is 0 Å². The summed E-state index contributed by atoms with van der Waals surface area (Å²) in [7, 11) is 0. The molecule has 1 unspecified atom stereocenters. The maximum Gasteiger partial charge on any atom is 0.335 e. The van der Waals surface area contributed by atoms with E-state index in [1.807, 2.05) is 0 Å². The summed E-state index contributed by atoms with van der Waals surface area (Å²) in [6.45, 7) is 1.24. The first-order valence-corrected chi connectivity index (χ1v) is 6.37. The third-order valence-electron chi connectivity index (χ3n) is 2.86. The van der Waals surface area contributed by atoms with E-state index in [0.29, 0.717) is 19.5 Å². The van der Waals surface area contributed by atoms with Crippen LogP contribution in [0.3, 0.4) is 0 Å². The molecule has 3 N–H and O–H groups in total. The van der Waals surface area contributed by atoms with E-state index < -0.39 is 5.97 Å². The molecule has 0 aromatic heterocycles. The molecular weight excluding hydrogens is 300 g/mol. The molecule has 18 heavy (non-hydrogen) atoms. The number of carboxylic acids is 1. The molecule has 2 rings (SSSR count). The number of halogens is 1. The zero-order valence-electron chi connectivity index (χ0n) is 9.57. The Hall–Kier alpha value is -1.40. The molecule has 1 fully saturated rings. The highest BCUT2D eigenvalue weighted by Gasteiger charge is 2.20. The van der Waals surface area contributed by atoms with E-state index in [2.05, 4.69) is 26.6 Å². The molecule has 0 aliphatic carbocycles. The summed E-state index contributed by atoms with van der Waals surface area (Å²) < 4.78 is 0.757. The minimum Gasteiger partial charge on any atom is -0.478 e. The Morgan fingerprint density at radius 1 is 1.56 bits per heavy atom. The molecule has 1 aromatic rings. The Bertz CT molecular complexity index is 490. The second kappa shape index (κ2) is 5.49. The number of carboxylic acid groups (broad SMARTS) is 1. The number of nitrogens with one attached hydrogen (secondary N) is 2. The zero-order valence-corrected chi connectivity index (χ0v) is 11.2. The van der Waals surface area contributed by atoms with Gasteiger partial charge in [0.05, 0.1) is 5.56 Å². The van der Waals surface area contributed by atoms with Crippen LogP contribution in [0.15, 0.2) is 22.7 Å². The van der Waals surface area contributed by atoms with Gasteiger partial charge in [0.1, 0.15) is 0 Å². The first kappa shape index (κ1) is 13.0. The fourth-order valence-electron chi connectivity index (χ4n) is 1.83. The van der Waals surface area contributed by atoms with E-state index in [0.717, 1.165) is 10.0 Å². The van der Waals surface area contributed by atoms with Crippen LogP contribution in [0.1, 0.15) is 22.3 Å². The molecule has 0 spiro atoms. The topological polar surface area (TPSA) is 78.4 Å². The van der Waals surface area contributed by atoms with Gasteiger partial charge in [-0.15, -0.1) is 0 Å². The minimum atomic E-state index is -0.944. The first-order chi connectivity index (χ1) is 8.56. The van der Waals surface area contributed by atoms with E-state index in [1.54, 1.807) is 18.2 Å². The molecule has 0 bridgehead atoms. The number of carbonyl (C=O) groups excluding carboxylic acids is 1. The number of amides is 1. The Labute approximate surface area is 113 Å². The van der Waals surface area contributed by atoms with Crippen molar-refractivity contribution >= 4 is 27.8 Å². The lowest BCUT2D eigenvalue weighted by Gasteiger charge is -2.11. The summed E-state index contributed by atoms with van der Waals surface area (Å²) >= 11 is 3.35. The standard InChI is InChI=1S/C12H13BrN2O3/c13-10-3-7(12(17)18)1-2-8(10)5-14-9-4-11(16)15-6-9/h1-3,9,14H,4-6H2,(H,15,16)(H,17,18). The summed E-state index contributed by atoms with van der Waals surface area (Å²) in [6, 6.07) is 5.06. The van der Waals surface area contributed by atoms with Crippen molar-refractivity contribution in [2.45, 2.75) is 19.0 Å². The highest BCUT2D eigenvalue weighted by molar-refractivity contribution is 9.10. The second-order valence-electron chi connectivity index (χ2n) is 4.20. The van der Waals surface area contributed by atoms with Crippen molar-refractivity contribution in [3.63, 3.8) is 0 Å². The average Bonchev–Trinajstić information content (AvgIpc) is 2.73. The monoisotopic (exact) mass is 312 g/mol. The SMILES string of the molecule is O=C1CC(NCc2ccc(C(=O)O)cc2Br)CN1. The van der Waals surface area contributed by atoms with Crippen molar-refractivity contribution in [3.05, 3.63) is 33.8 Å². The van der Waals surface area contributed by atoms with Crippen molar-refractivity contribution < 1.29 is 14.7 Å². The van der Waals surface area contributed by atoms with Gasteiger partial charge in [0, 0.05) is 30.0 Å². The van der Waals surface area contributed by atoms with Crippen molar-refractivity contribution in [1.82, 2.24) is 10.6 Å². The molecule has 1 aromatic carbocycles. The third kappa shape index (κ3) is 3.08. The fraction of sp³-hybridized carbons (Fsp3) is 0.333. The summed E-state index contributed by atoms with van der Waals surface area (Å²) in [6.07, 6.45) is 0.491. The molecule has 1 aliphatic heterocycles. The predicted octanol–water partition coefficient (Wildman–Crippen LogP) is 1.13. The maximum atomic E-state index is 11.0. The van der Waals surface area contributed by atoms with E-state index in [9.17, 15) is 9.59 Å². The van der Waals surface area contributed by atoms with Crippen LogP contribution in [0, 0.1) is 0 Å². The lowest BCUT2D eigenvalue weighted by Crippen LogP contribution is -2.30. The first-order valence-electron chi connectivity index (χ1n) is 5.58. The Kier molecular flexibility index (Phi) is 3.98. The van der Waals surface area contributed by atoms with Gasteiger partial charge in [0.15, 0.2) is 0 Å². The molecule has 96 valence electrons. The molecule has 5 nitrogen and oxygen atoms in total. The van der Waals surface area contributed by atoms with Crippen molar-refractivity contribution in [2.75, 3.05) is 6.54 Å². The van der Waals surface area contributed by atoms with Gasteiger partial charge < -0.3 is 15.7 Å². The van der Waals surface area contributed by atoms with Gasteiger partial charge in [-0.2, -0.15) is 0 Å². The van der Waals surface area contributed by atoms with Crippen LogP contribution in [-0.4, -0.2) is 29.6 Å². The molecule has 1 heterocycles. The van der Waals surface area contributed by atoms with Crippen molar-refractivity contribution in [2.24, 2.45) is 0 Å². The lowest BCUT2D eigenvalue weighted by atomic mass is 10.1. The largest absolute Gasteiger partial charge is 0.478 e. The Balaban J connectivity index is 1.97. The molecular formula is C12H13BrN2O3. The minimum absolute atomic E-state index is 0.0628. The predicted molar refractivity (Wildman–Crippen MR) is 69.4 cm³/mol. The van der Waals surface area contributed by atoms with Gasteiger partial charge in [0.25, 0.3) is 0 Å². The van der Waals surface area contributed by atoms with Crippen LogP contribution < -0.4 is 10.6 Å². The van der Waals surface area contributed by atoms with Gasteiger partial charge in [0.2, 0.25) is 5.91 Å². The van der Waals surface area contributed by atoms with Gasteiger partial charge in [-0.3, -0.25) is 4.79 Å². The highest BCUT2D eigenvalue weighted by atomic mass is 79.9. The quantitative estimate of drug-likeness (QED) is 0.778. The van der Waals surface area contributed by atoms with Crippen LogP contribution in [0.4, 0.5) is 0 Å². The molecule has 1 saturated heterocycles. The number of rotatable bonds is 4. The average molecular weight is 313 g/mol. The number of carbonyl (C=O) groups is 2. The highest BCUT2D eigenvalue weighted by Crippen LogP contribution is 2.19. The van der Waals surface area contributed by atoms with E-state index in [1.165, 1.54) is 0 Å². The van der Waals surface area contributed by atoms with Crippen LogP contribution in [-0.2, 0) is 11.3 Å². The van der Waals surface area contributed by atoms with Crippen LogP contribution in [0.5, 0.6) is 0 Å². The smallest absolute Gasteiger partial charge is 0.335 e. The van der Waals surface area contributed by atoms with E-state index in [4.69, 9.17) is 5.11 Å². The van der Waals surface area contributed by atoms with Crippen molar-refractivity contribution in [3.8, 4) is 0 Å². The summed E-state index contributed by atoms with van der Waals surface area (Å²) in [5, 5.41) is 14.9. The third-order valence-corrected chi connectivity index (χ3v) is 3.60. The summed E-state index contributed by atoms with van der Waals surface area (Å²) in [5.41, 5.74) is 1.22. The lowest BCUT2D eigenvalue weighted by molar-refractivity contribution is -0.119. The second-order valence-corrected chi connectivity index (χ2v) is 5.05. The normalized spacial score (nSPS) is 18.7. The zero-order chi connectivity index (χ0) is 13.1. The van der Waals surface area contributed by atoms with Gasteiger partial charge >= 0.3 is 5.97 Å². The Morgan fingerprint density at radius 3 is 2.89 bits per heavy atom. The molecule has 1 aliphatic rings. The number of aromatic carboxylic acids is 1. The van der Waals surface area contributed by atoms with Crippen LogP contribution in [0.2, 0.25) is 0 Å². The van der Waals surface area contributed by atoms with Crippen molar-refractivity contribution in [1.29, 1.82) is 0 Å². The molecule has 1 atom stereocenters. The molecule has 0 saturated carbocycles. The van der Waals surface area contributed by atoms with Gasteiger partial charge in [-0.1, -0.05) is 22.0 Å². The van der Waals surface area contributed by atoms with E-state index in [-0.39, 0.29) is 17.5 Å². The maximum absolute atomic E-state index is 11.0. The van der Waals surface area contributed by atoms with E-state index >= 15 is 0 Å². The molecule has 6 heteroatoms. The van der Waals surface area contributed by atoms with Gasteiger partial charge in [-0.25, -0.2) is 4.79 Å². The number of hydrogen-bond acceptors (Lipinski definition) is 3. The van der Waals surface area contributed by atoms with Gasteiger partial charge in [-0.05, 0) is 17.7 Å². The van der Waals surface area contributed by atoms with Crippen LogP contribution >= 0.6 is 15.9 Å². The summed E-state index contributed by atoms with van der Waals surface area (Å²) in [4.78, 5) is 21.8.